The molecule has 0 fully saturated rings. The van der Waals surface area contributed by atoms with Crippen LogP contribution >= 0.6 is 0 Å². The van der Waals surface area contributed by atoms with E-state index in [1.807, 2.05) is 80.7 Å². The summed E-state index contributed by atoms with van der Waals surface area (Å²) >= 11 is 0. The number of pyridine rings is 4. The molecule has 0 unspecified atom stereocenters. The van der Waals surface area contributed by atoms with Crippen LogP contribution in [-0.4, -0.2) is 19.5 Å². The molecule has 0 spiro atoms. The van der Waals surface area contributed by atoms with E-state index in [4.69, 9.17) is 11.6 Å². The van der Waals surface area contributed by atoms with Crippen LogP contribution < -0.4 is 5.56 Å². The van der Waals surface area contributed by atoms with E-state index in [2.05, 4.69) is 20.9 Å². The molecule has 6 rings (SSSR count). The number of hydrogen-bond donors (Lipinski definition) is 0. The molecule has 0 saturated carbocycles. The molecule has 6 heteroatoms. The summed E-state index contributed by atoms with van der Waals surface area (Å²) in [5.74, 6) is 0. The van der Waals surface area contributed by atoms with Crippen molar-refractivity contribution >= 4 is 32.8 Å². The Morgan fingerprint density at radius 2 is 1.61 bits per heavy atom. The predicted molar refractivity (Wildman–Crippen MR) is 143 cm³/mol. The minimum atomic E-state index is -0.636. The SMILES string of the molecule is [C-]#[N+]C(C)(C)c1ccc(-n2c(=O)ccc3cnc4ccc(-c5cnc6ccccc6c5)nc4c32)cc1. The highest BCUT2D eigenvalue weighted by atomic mass is 16.1. The Bertz CT molecular complexity index is 1900. The minimum Gasteiger partial charge on any atom is -0.306 e. The lowest BCUT2D eigenvalue weighted by molar-refractivity contribution is 0.664. The predicted octanol–water partition coefficient (Wildman–Crippen LogP) is 6.30. The molecule has 0 radical (unpaired) electrons. The van der Waals surface area contributed by atoms with E-state index in [1.54, 1.807) is 22.9 Å². The van der Waals surface area contributed by atoms with Gasteiger partial charge in [-0.3, -0.25) is 19.3 Å². The fraction of sp³-hybridized carbons (Fsp3) is 0.100. The number of rotatable bonds is 3. The topological polar surface area (TPSA) is 65.0 Å². The summed E-state index contributed by atoms with van der Waals surface area (Å²) < 4.78 is 1.67. The van der Waals surface area contributed by atoms with Crippen molar-refractivity contribution in [3.05, 3.63) is 119 Å². The average Bonchev–Trinajstić information content (AvgIpc) is 2.92. The van der Waals surface area contributed by atoms with Crippen LogP contribution in [0.3, 0.4) is 0 Å². The quantitative estimate of drug-likeness (QED) is 0.226. The van der Waals surface area contributed by atoms with Crippen LogP contribution in [0.15, 0.2) is 96.1 Å². The van der Waals surface area contributed by atoms with Gasteiger partial charge in [-0.15, -0.1) is 0 Å². The lowest BCUT2D eigenvalue weighted by atomic mass is 9.95. The third-order valence-corrected chi connectivity index (χ3v) is 6.56. The van der Waals surface area contributed by atoms with Crippen molar-refractivity contribution in [2.24, 2.45) is 0 Å². The minimum absolute atomic E-state index is 0.160. The molecule has 2 aromatic carbocycles. The van der Waals surface area contributed by atoms with Crippen molar-refractivity contribution in [2.75, 3.05) is 0 Å². The highest BCUT2D eigenvalue weighted by molar-refractivity contribution is 6.02. The molecule has 4 aromatic heterocycles. The van der Waals surface area contributed by atoms with E-state index >= 15 is 0 Å². The molecule has 0 saturated heterocycles. The molecule has 0 atom stereocenters. The Kier molecular flexibility index (Phi) is 4.87. The van der Waals surface area contributed by atoms with Gasteiger partial charge in [-0.2, -0.15) is 0 Å². The number of para-hydroxylation sites is 1. The number of hydrogen-bond acceptors (Lipinski definition) is 4. The Labute approximate surface area is 207 Å². The van der Waals surface area contributed by atoms with Gasteiger partial charge in [-0.05, 0) is 54.6 Å². The molecule has 0 aliphatic carbocycles. The van der Waals surface area contributed by atoms with Crippen molar-refractivity contribution < 1.29 is 0 Å². The van der Waals surface area contributed by atoms with Gasteiger partial charge in [0.25, 0.3) is 11.1 Å². The van der Waals surface area contributed by atoms with Crippen LogP contribution in [0.5, 0.6) is 0 Å². The molecule has 0 bridgehead atoms. The number of nitrogens with zero attached hydrogens (tertiary/aromatic N) is 5. The molecule has 172 valence electrons. The zero-order valence-corrected chi connectivity index (χ0v) is 19.8. The Morgan fingerprint density at radius 1 is 0.833 bits per heavy atom. The maximum Gasteiger partial charge on any atom is 0.255 e. The van der Waals surface area contributed by atoms with E-state index in [0.29, 0.717) is 22.2 Å². The Balaban J connectivity index is 1.59. The summed E-state index contributed by atoms with van der Waals surface area (Å²) in [4.78, 5) is 31.0. The smallest absolute Gasteiger partial charge is 0.255 e. The molecule has 0 amide bonds. The fourth-order valence-corrected chi connectivity index (χ4v) is 4.48. The monoisotopic (exact) mass is 467 g/mol. The highest BCUT2D eigenvalue weighted by Gasteiger charge is 2.25. The molecule has 4 heterocycles. The standard InChI is InChI=1S/C30H21N5O/c1-30(2,31-3)22-9-11-23(12-10-22)35-27(36)15-8-20-17-33-26-14-13-25(34-28(26)29(20)35)21-16-19-6-4-5-7-24(19)32-18-21/h4-18H,1-2H3. The summed E-state index contributed by atoms with van der Waals surface area (Å²) in [6.45, 7) is 11.2. The molecular weight excluding hydrogens is 446 g/mol. The van der Waals surface area contributed by atoms with Crippen molar-refractivity contribution in [2.45, 2.75) is 19.4 Å². The third kappa shape index (κ3) is 3.50. The van der Waals surface area contributed by atoms with Gasteiger partial charge in [0.15, 0.2) is 0 Å². The van der Waals surface area contributed by atoms with Crippen LogP contribution in [0, 0.1) is 6.57 Å². The second-order valence-electron chi connectivity index (χ2n) is 9.27. The van der Waals surface area contributed by atoms with Crippen molar-refractivity contribution in [1.29, 1.82) is 0 Å². The second kappa shape index (κ2) is 8.10. The molecule has 0 aliphatic rings. The number of aromatic nitrogens is 4. The van der Waals surface area contributed by atoms with Crippen molar-refractivity contribution in [1.82, 2.24) is 19.5 Å². The van der Waals surface area contributed by atoms with Gasteiger partial charge in [0.2, 0.25) is 0 Å². The number of fused-ring (bicyclic) bond motifs is 4. The maximum absolute atomic E-state index is 13.2. The molecule has 0 N–H and O–H groups in total. The van der Waals surface area contributed by atoms with Gasteiger partial charge in [0.05, 0.1) is 22.2 Å². The lowest BCUT2D eigenvalue weighted by Gasteiger charge is -2.15. The van der Waals surface area contributed by atoms with Gasteiger partial charge < -0.3 is 4.85 Å². The summed E-state index contributed by atoms with van der Waals surface area (Å²) in [7, 11) is 0. The lowest BCUT2D eigenvalue weighted by Crippen LogP contribution is -2.18. The zero-order valence-electron chi connectivity index (χ0n) is 19.8. The summed E-state index contributed by atoms with van der Waals surface area (Å²) in [5.41, 5.74) is 5.41. The van der Waals surface area contributed by atoms with E-state index < -0.39 is 5.54 Å². The maximum atomic E-state index is 13.2. The van der Waals surface area contributed by atoms with Crippen molar-refractivity contribution in [3.8, 4) is 16.9 Å². The van der Waals surface area contributed by atoms with Gasteiger partial charge in [-0.1, -0.05) is 18.2 Å². The fourth-order valence-electron chi connectivity index (χ4n) is 4.48. The first-order valence-corrected chi connectivity index (χ1v) is 11.6. The normalized spacial score (nSPS) is 11.7. The van der Waals surface area contributed by atoms with Crippen LogP contribution in [0.1, 0.15) is 19.4 Å². The molecular formula is C30H21N5O. The largest absolute Gasteiger partial charge is 0.306 e. The van der Waals surface area contributed by atoms with Crippen LogP contribution in [0.4, 0.5) is 0 Å². The molecule has 6 nitrogen and oxygen atoms in total. The van der Waals surface area contributed by atoms with Gasteiger partial charge in [-0.25, -0.2) is 11.6 Å². The van der Waals surface area contributed by atoms with Gasteiger partial charge in [0, 0.05) is 59.9 Å². The summed E-state index contributed by atoms with van der Waals surface area (Å²) in [6, 6.07) is 24.8. The first kappa shape index (κ1) is 21.6. The van der Waals surface area contributed by atoms with Crippen LogP contribution in [-0.2, 0) is 5.54 Å². The van der Waals surface area contributed by atoms with Gasteiger partial charge in [0.1, 0.15) is 5.52 Å². The highest BCUT2D eigenvalue weighted by Crippen LogP contribution is 2.29. The second-order valence-corrected chi connectivity index (χ2v) is 9.27. The Morgan fingerprint density at radius 3 is 2.42 bits per heavy atom. The first-order chi connectivity index (χ1) is 17.4. The van der Waals surface area contributed by atoms with Crippen LogP contribution in [0.2, 0.25) is 0 Å². The zero-order chi connectivity index (χ0) is 24.9. The van der Waals surface area contributed by atoms with E-state index in [9.17, 15) is 4.79 Å². The number of benzene rings is 2. The molecule has 0 aliphatic heterocycles. The first-order valence-electron chi connectivity index (χ1n) is 11.6. The summed E-state index contributed by atoms with van der Waals surface area (Å²) in [6.07, 6.45) is 3.59. The van der Waals surface area contributed by atoms with E-state index in [-0.39, 0.29) is 5.56 Å². The molecule has 36 heavy (non-hydrogen) atoms. The van der Waals surface area contributed by atoms with Crippen LogP contribution in [0.25, 0.3) is 54.6 Å². The van der Waals surface area contributed by atoms with E-state index in [0.717, 1.165) is 33.1 Å². The third-order valence-electron chi connectivity index (χ3n) is 6.56. The Hall–Kier alpha value is -4.89. The van der Waals surface area contributed by atoms with Crippen molar-refractivity contribution in [3.63, 3.8) is 0 Å². The summed E-state index contributed by atoms with van der Waals surface area (Å²) in [5, 5.41) is 1.85. The average molecular weight is 468 g/mol. The van der Waals surface area contributed by atoms with Gasteiger partial charge >= 0.3 is 0 Å². The van der Waals surface area contributed by atoms with E-state index in [1.165, 1.54) is 0 Å². The molecule has 6 aromatic rings.